The first-order valence-corrected chi connectivity index (χ1v) is 8.30. The van der Waals surface area contributed by atoms with Gasteiger partial charge in [-0.3, -0.25) is 9.78 Å². The highest BCUT2D eigenvalue weighted by molar-refractivity contribution is 6.04. The number of pyridine rings is 1. The standard InChI is InChI=1S/C21H17N3O2/c1-13-8-9-19-18(11-13)24-21(26-19)16-6-3-7-17(14(16)2)23-20(25)15-5-4-10-22-12-15/h3-12H,1-2H3,(H,23,25). The zero-order valence-corrected chi connectivity index (χ0v) is 14.5. The lowest BCUT2D eigenvalue weighted by Crippen LogP contribution is -2.13. The van der Waals surface area contributed by atoms with E-state index in [0.717, 1.165) is 33.5 Å². The first kappa shape index (κ1) is 16.0. The molecule has 5 nitrogen and oxygen atoms in total. The average Bonchev–Trinajstić information content (AvgIpc) is 3.07. The van der Waals surface area contributed by atoms with Crippen molar-refractivity contribution < 1.29 is 9.21 Å². The zero-order chi connectivity index (χ0) is 18.1. The van der Waals surface area contributed by atoms with E-state index in [9.17, 15) is 4.79 Å². The van der Waals surface area contributed by atoms with Crippen LogP contribution in [0.25, 0.3) is 22.6 Å². The molecule has 0 aliphatic carbocycles. The Labute approximate surface area is 150 Å². The van der Waals surface area contributed by atoms with E-state index in [1.807, 2.05) is 50.2 Å². The number of anilines is 1. The summed E-state index contributed by atoms with van der Waals surface area (Å²) < 4.78 is 5.90. The Kier molecular flexibility index (Phi) is 3.97. The van der Waals surface area contributed by atoms with E-state index in [2.05, 4.69) is 15.3 Å². The summed E-state index contributed by atoms with van der Waals surface area (Å²) in [6.07, 6.45) is 3.18. The van der Waals surface area contributed by atoms with Crippen molar-refractivity contribution in [1.82, 2.24) is 9.97 Å². The number of aromatic nitrogens is 2. The SMILES string of the molecule is Cc1ccc2oc(-c3cccc(NC(=O)c4cccnc4)c3C)nc2c1. The smallest absolute Gasteiger partial charge is 0.257 e. The molecule has 0 aliphatic heterocycles. The van der Waals surface area contributed by atoms with Gasteiger partial charge in [0.1, 0.15) is 5.52 Å². The maximum Gasteiger partial charge on any atom is 0.257 e. The van der Waals surface area contributed by atoms with Gasteiger partial charge in [0.15, 0.2) is 5.58 Å². The molecule has 0 saturated heterocycles. The molecular formula is C21H17N3O2. The molecule has 26 heavy (non-hydrogen) atoms. The van der Waals surface area contributed by atoms with Crippen molar-refractivity contribution in [3.8, 4) is 11.5 Å². The molecule has 2 aromatic heterocycles. The predicted octanol–water partition coefficient (Wildman–Crippen LogP) is 4.76. The minimum atomic E-state index is -0.202. The number of hydrogen-bond acceptors (Lipinski definition) is 4. The number of amides is 1. The molecule has 5 heteroatoms. The lowest BCUT2D eigenvalue weighted by Gasteiger charge is -2.10. The van der Waals surface area contributed by atoms with Gasteiger partial charge in [0.05, 0.1) is 5.56 Å². The molecule has 0 spiro atoms. The second-order valence-electron chi connectivity index (χ2n) is 6.16. The Balaban J connectivity index is 1.70. The number of aryl methyl sites for hydroxylation is 1. The largest absolute Gasteiger partial charge is 0.436 e. The lowest BCUT2D eigenvalue weighted by molar-refractivity contribution is 0.102. The van der Waals surface area contributed by atoms with Crippen LogP contribution in [0.3, 0.4) is 0 Å². The van der Waals surface area contributed by atoms with E-state index in [1.165, 1.54) is 6.20 Å². The van der Waals surface area contributed by atoms with Crippen LogP contribution in [0.5, 0.6) is 0 Å². The van der Waals surface area contributed by atoms with Crippen LogP contribution in [0.4, 0.5) is 5.69 Å². The van der Waals surface area contributed by atoms with E-state index in [-0.39, 0.29) is 5.91 Å². The van der Waals surface area contributed by atoms with Crippen LogP contribution in [0.15, 0.2) is 65.3 Å². The van der Waals surface area contributed by atoms with E-state index < -0.39 is 0 Å². The Morgan fingerprint density at radius 2 is 1.96 bits per heavy atom. The second kappa shape index (κ2) is 6.44. The molecule has 2 heterocycles. The van der Waals surface area contributed by atoms with Crippen molar-refractivity contribution in [2.24, 2.45) is 0 Å². The molecule has 2 aromatic carbocycles. The molecule has 0 aliphatic rings. The molecule has 1 N–H and O–H groups in total. The average molecular weight is 343 g/mol. The summed E-state index contributed by atoms with van der Waals surface area (Å²) in [4.78, 5) is 21.0. The minimum absolute atomic E-state index is 0.202. The van der Waals surface area contributed by atoms with Crippen molar-refractivity contribution in [3.63, 3.8) is 0 Å². The summed E-state index contributed by atoms with van der Waals surface area (Å²) in [6, 6.07) is 15.0. The predicted molar refractivity (Wildman–Crippen MR) is 101 cm³/mol. The monoisotopic (exact) mass is 343 g/mol. The molecule has 0 unspecified atom stereocenters. The highest BCUT2D eigenvalue weighted by Gasteiger charge is 2.14. The molecule has 0 saturated carbocycles. The molecule has 4 rings (SSSR count). The van der Waals surface area contributed by atoms with Gasteiger partial charge in [0, 0.05) is 23.6 Å². The molecule has 0 bridgehead atoms. The van der Waals surface area contributed by atoms with Gasteiger partial charge in [-0.25, -0.2) is 4.98 Å². The molecule has 0 fully saturated rings. The Bertz CT molecular complexity index is 1100. The molecule has 0 atom stereocenters. The number of hydrogen-bond donors (Lipinski definition) is 1. The number of carbonyl (C=O) groups is 1. The first-order chi connectivity index (χ1) is 12.6. The second-order valence-corrected chi connectivity index (χ2v) is 6.16. The third-order valence-electron chi connectivity index (χ3n) is 4.28. The van der Waals surface area contributed by atoms with Crippen molar-refractivity contribution in [2.45, 2.75) is 13.8 Å². The van der Waals surface area contributed by atoms with E-state index >= 15 is 0 Å². The van der Waals surface area contributed by atoms with Crippen LogP contribution in [0, 0.1) is 13.8 Å². The highest BCUT2D eigenvalue weighted by Crippen LogP contribution is 2.31. The van der Waals surface area contributed by atoms with Crippen LogP contribution >= 0.6 is 0 Å². The van der Waals surface area contributed by atoms with Crippen LogP contribution < -0.4 is 5.32 Å². The van der Waals surface area contributed by atoms with Crippen LogP contribution in [-0.2, 0) is 0 Å². The molecule has 4 aromatic rings. The van der Waals surface area contributed by atoms with Crippen LogP contribution in [0.2, 0.25) is 0 Å². The molecule has 0 radical (unpaired) electrons. The fraction of sp³-hybridized carbons (Fsp3) is 0.0952. The van der Waals surface area contributed by atoms with Crippen molar-refractivity contribution >= 4 is 22.7 Å². The summed E-state index contributed by atoms with van der Waals surface area (Å²) >= 11 is 0. The third-order valence-corrected chi connectivity index (χ3v) is 4.28. The van der Waals surface area contributed by atoms with Gasteiger partial charge in [0.25, 0.3) is 5.91 Å². The third kappa shape index (κ3) is 2.95. The van der Waals surface area contributed by atoms with Crippen molar-refractivity contribution in [3.05, 3.63) is 77.6 Å². The van der Waals surface area contributed by atoms with E-state index in [1.54, 1.807) is 18.3 Å². The number of rotatable bonds is 3. The first-order valence-electron chi connectivity index (χ1n) is 8.30. The Hall–Kier alpha value is -3.47. The number of carbonyl (C=O) groups excluding carboxylic acids is 1. The summed E-state index contributed by atoms with van der Waals surface area (Å²) in [6.45, 7) is 3.96. The van der Waals surface area contributed by atoms with Gasteiger partial charge in [-0.15, -0.1) is 0 Å². The number of benzene rings is 2. The van der Waals surface area contributed by atoms with Gasteiger partial charge in [-0.2, -0.15) is 0 Å². The van der Waals surface area contributed by atoms with E-state index in [0.29, 0.717) is 11.5 Å². The summed E-state index contributed by atoms with van der Waals surface area (Å²) in [5.41, 5.74) is 5.67. The maximum absolute atomic E-state index is 12.4. The van der Waals surface area contributed by atoms with Crippen molar-refractivity contribution in [2.75, 3.05) is 5.32 Å². The van der Waals surface area contributed by atoms with Crippen molar-refractivity contribution in [1.29, 1.82) is 0 Å². The summed E-state index contributed by atoms with van der Waals surface area (Å²) in [5.74, 6) is 0.340. The number of nitrogens with one attached hydrogen (secondary N) is 1. The molecule has 128 valence electrons. The van der Waals surface area contributed by atoms with Crippen LogP contribution in [-0.4, -0.2) is 15.9 Å². The normalized spacial score (nSPS) is 10.8. The van der Waals surface area contributed by atoms with E-state index in [4.69, 9.17) is 4.42 Å². The molecular weight excluding hydrogens is 326 g/mol. The summed E-state index contributed by atoms with van der Waals surface area (Å²) in [7, 11) is 0. The number of fused-ring (bicyclic) bond motifs is 1. The Morgan fingerprint density at radius 3 is 2.77 bits per heavy atom. The zero-order valence-electron chi connectivity index (χ0n) is 14.5. The summed E-state index contributed by atoms with van der Waals surface area (Å²) in [5, 5.41) is 2.93. The molecule has 1 amide bonds. The van der Waals surface area contributed by atoms with Gasteiger partial charge < -0.3 is 9.73 Å². The Morgan fingerprint density at radius 1 is 1.08 bits per heavy atom. The van der Waals surface area contributed by atoms with Crippen LogP contribution in [0.1, 0.15) is 21.5 Å². The lowest BCUT2D eigenvalue weighted by atomic mass is 10.1. The minimum Gasteiger partial charge on any atom is -0.436 e. The van der Waals surface area contributed by atoms with Gasteiger partial charge in [-0.1, -0.05) is 12.1 Å². The van der Waals surface area contributed by atoms with Gasteiger partial charge in [0.2, 0.25) is 5.89 Å². The van der Waals surface area contributed by atoms with Gasteiger partial charge in [-0.05, 0) is 61.4 Å². The highest BCUT2D eigenvalue weighted by atomic mass is 16.3. The number of oxazole rings is 1. The fourth-order valence-corrected chi connectivity index (χ4v) is 2.85. The van der Waals surface area contributed by atoms with Gasteiger partial charge >= 0.3 is 0 Å². The maximum atomic E-state index is 12.4. The topological polar surface area (TPSA) is 68.0 Å². The number of nitrogens with zero attached hydrogens (tertiary/aromatic N) is 2. The quantitative estimate of drug-likeness (QED) is 0.582. The fourth-order valence-electron chi connectivity index (χ4n) is 2.85.